The number of rotatable bonds is 5. The van der Waals surface area contributed by atoms with E-state index >= 15 is 0 Å². The van der Waals surface area contributed by atoms with Crippen molar-refractivity contribution in [2.24, 2.45) is 0 Å². The molecule has 1 saturated heterocycles. The van der Waals surface area contributed by atoms with E-state index in [9.17, 15) is 0 Å². The van der Waals surface area contributed by atoms with E-state index < -0.39 is 0 Å². The lowest BCUT2D eigenvalue weighted by molar-refractivity contribution is 0.187. The number of hydrogen-bond donors (Lipinski definition) is 0. The summed E-state index contributed by atoms with van der Waals surface area (Å²) in [6.07, 6.45) is 12.3. The van der Waals surface area contributed by atoms with Crippen LogP contribution in [0.2, 0.25) is 0 Å². The van der Waals surface area contributed by atoms with Gasteiger partial charge in [-0.2, -0.15) is 9.97 Å². The smallest absolute Gasteiger partial charge is 0.318 e. The van der Waals surface area contributed by atoms with Gasteiger partial charge in [0, 0.05) is 42.6 Å². The fraction of sp³-hybridized carbons (Fsp3) is 0.567. The zero-order valence-corrected chi connectivity index (χ0v) is 22.8. The number of likely N-dealkylation sites (tertiary alicyclic amines) is 1. The van der Waals surface area contributed by atoms with E-state index in [-0.39, 0.29) is 0 Å². The van der Waals surface area contributed by atoms with Gasteiger partial charge in [0.2, 0.25) is 0 Å². The van der Waals surface area contributed by atoms with Gasteiger partial charge in [-0.1, -0.05) is 12.1 Å². The SMILES string of the molecule is C[C@@H]1Cn2cncc2CN1c1nc(OC[C@@H]2CCCN2C)nc2c1CCN(c1cccc3c1CCCC3)C2. The summed E-state index contributed by atoms with van der Waals surface area (Å²) >= 11 is 0. The summed E-state index contributed by atoms with van der Waals surface area (Å²) in [6.45, 7) is 7.60. The summed E-state index contributed by atoms with van der Waals surface area (Å²) in [4.78, 5) is 22.0. The van der Waals surface area contributed by atoms with Crippen molar-refractivity contribution in [3.05, 3.63) is 58.8 Å². The third-order valence-electron chi connectivity index (χ3n) is 9.21. The number of ether oxygens (including phenoxy) is 1. The maximum absolute atomic E-state index is 6.35. The number of hydrogen-bond acceptors (Lipinski definition) is 7. The number of aryl methyl sites for hydroxylation is 1. The average Bonchev–Trinajstić information content (AvgIpc) is 3.58. The zero-order valence-electron chi connectivity index (χ0n) is 22.8. The number of likely N-dealkylation sites (N-methyl/N-ethyl adjacent to an activating group) is 1. The standard InChI is InChI=1S/C30H39N7O/c1-21-16-36-20-31-15-24(36)17-37(21)29-26-12-14-35(28-11-5-8-22-7-3-4-10-25(22)28)18-27(26)32-30(33-29)38-19-23-9-6-13-34(23)2/h5,8,11,15,20-21,23H,3-4,6-7,9-10,12-14,16-19H2,1-2H3/t21-,23+/m1/s1. The first-order chi connectivity index (χ1) is 18.6. The maximum Gasteiger partial charge on any atom is 0.318 e. The van der Waals surface area contributed by atoms with Crippen molar-refractivity contribution in [1.82, 2.24) is 24.4 Å². The predicted molar refractivity (Wildman–Crippen MR) is 149 cm³/mol. The molecule has 4 aliphatic rings. The molecule has 0 radical (unpaired) electrons. The van der Waals surface area contributed by atoms with Gasteiger partial charge in [0.1, 0.15) is 12.4 Å². The third-order valence-corrected chi connectivity index (χ3v) is 9.21. The van der Waals surface area contributed by atoms with E-state index in [2.05, 4.69) is 56.4 Å². The van der Waals surface area contributed by atoms with Crippen LogP contribution < -0.4 is 14.5 Å². The third kappa shape index (κ3) is 4.32. The Labute approximate surface area is 225 Å². The highest BCUT2D eigenvalue weighted by molar-refractivity contribution is 5.61. The molecule has 5 heterocycles. The number of benzene rings is 1. The Kier molecular flexibility index (Phi) is 6.22. The first-order valence-electron chi connectivity index (χ1n) is 14.5. The molecule has 2 atom stereocenters. The van der Waals surface area contributed by atoms with Crippen LogP contribution in [0.4, 0.5) is 11.5 Å². The minimum atomic E-state index is 0.323. The van der Waals surface area contributed by atoms with Crippen LogP contribution in [0.3, 0.4) is 0 Å². The van der Waals surface area contributed by atoms with Gasteiger partial charge >= 0.3 is 6.01 Å². The van der Waals surface area contributed by atoms with Gasteiger partial charge in [0.15, 0.2) is 0 Å². The fourth-order valence-electron chi connectivity index (χ4n) is 6.96. The monoisotopic (exact) mass is 513 g/mol. The summed E-state index contributed by atoms with van der Waals surface area (Å²) in [5, 5.41) is 0. The van der Waals surface area contributed by atoms with E-state index in [4.69, 9.17) is 14.7 Å². The van der Waals surface area contributed by atoms with E-state index in [1.54, 1.807) is 5.56 Å². The molecule has 0 amide bonds. The van der Waals surface area contributed by atoms with Crippen molar-refractivity contribution in [3.63, 3.8) is 0 Å². The Morgan fingerprint density at radius 2 is 1.92 bits per heavy atom. The van der Waals surface area contributed by atoms with Crippen LogP contribution in [-0.2, 0) is 38.9 Å². The molecule has 1 aliphatic carbocycles. The van der Waals surface area contributed by atoms with Crippen LogP contribution >= 0.6 is 0 Å². The molecule has 0 unspecified atom stereocenters. The Morgan fingerprint density at radius 1 is 1.00 bits per heavy atom. The second-order valence-corrected chi connectivity index (χ2v) is 11.7. The van der Waals surface area contributed by atoms with Gasteiger partial charge < -0.3 is 24.0 Å². The fourth-order valence-corrected chi connectivity index (χ4v) is 6.96. The second kappa shape index (κ2) is 9.88. The van der Waals surface area contributed by atoms with Crippen molar-refractivity contribution < 1.29 is 4.74 Å². The van der Waals surface area contributed by atoms with E-state index in [1.807, 2.05) is 12.5 Å². The van der Waals surface area contributed by atoms with Crippen molar-refractivity contribution in [3.8, 4) is 6.01 Å². The highest BCUT2D eigenvalue weighted by Gasteiger charge is 2.32. The summed E-state index contributed by atoms with van der Waals surface area (Å²) < 4.78 is 8.62. The zero-order chi connectivity index (χ0) is 25.6. The van der Waals surface area contributed by atoms with E-state index in [0.717, 1.165) is 50.7 Å². The van der Waals surface area contributed by atoms with Crippen LogP contribution in [0, 0.1) is 0 Å². The molecule has 200 valence electrons. The highest BCUT2D eigenvalue weighted by Crippen LogP contribution is 2.37. The van der Waals surface area contributed by atoms with Crippen molar-refractivity contribution in [2.45, 2.75) is 83.6 Å². The summed E-state index contributed by atoms with van der Waals surface area (Å²) in [6, 6.07) is 8.17. The van der Waals surface area contributed by atoms with Crippen LogP contribution in [-0.4, -0.2) is 63.2 Å². The highest BCUT2D eigenvalue weighted by atomic mass is 16.5. The second-order valence-electron chi connectivity index (χ2n) is 11.7. The molecule has 7 rings (SSSR count). The largest absolute Gasteiger partial charge is 0.462 e. The summed E-state index contributed by atoms with van der Waals surface area (Å²) in [7, 11) is 2.19. The first kappa shape index (κ1) is 23.9. The number of fused-ring (bicyclic) bond motifs is 3. The van der Waals surface area contributed by atoms with Crippen LogP contribution in [0.1, 0.15) is 60.7 Å². The minimum absolute atomic E-state index is 0.323. The maximum atomic E-state index is 6.35. The molecule has 0 bridgehead atoms. The molecular formula is C30H39N7O. The predicted octanol–water partition coefficient (Wildman–Crippen LogP) is 4.00. The Hall–Kier alpha value is -3.13. The Morgan fingerprint density at radius 3 is 2.82 bits per heavy atom. The van der Waals surface area contributed by atoms with E-state index in [1.165, 1.54) is 61.0 Å². The normalized spacial score (nSPS) is 23.2. The number of anilines is 2. The van der Waals surface area contributed by atoms with E-state index in [0.29, 0.717) is 24.7 Å². The lowest BCUT2D eigenvalue weighted by Crippen LogP contribution is -2.43. The molecule has 0 saturated carbocycles. The molecule has 2 aromatic heterocycles. The average molecular weight is 514 g/mol. The molecule has 3 aliphatic heterocycles. The quantitative estimate of drug-likeness (QED) is 0.511. The van der Waals surface area contributed by atoms with Gasteiger partial charge in [-0.15, -0.1) is 0 Å². The van der Waals surface area contributed by atoms with Gasteiger partial charge in [-0.05, 0) is 82.7 Å². The summed E-state index contributed by atoms with van der Waals surface area (Å²) in [5.41, 5.74) is 8.13. The number of nitrogens with zero attached hydrogens (tertiary/aromatic N) is 7. The Bertz CT molecular complexity index is 1320. The van der Waals surface area contributed by atoms with Gasteiger partial charge in [0.05, 0.1) is 30.8 Å². The van der Waals surface area contributed by atoms with Gasteiger partial charge in [-0.3, -0.25) is 0 Å². The van der Waals surface area contributed by atoms with Crippen molar-refractivity contribution in [1.29, 1.82) is 0 Å². The van der Waals surface area contributed by atoms with Crippen LogP contribution in [0.5, 0.6) is 6.01 Å². The number of imidazole rings is 1. The molecule has 1 fully saturated rings. The van der Waals surface area contributed by atoms with Crippen LogP contribution in [0.15, 0.2) is 30.7 Å². The lowest BCUT2D eigenvalue weighted by Gasteiger charge is -2.39. The molecule has 0 N–H and O–H groups in total. The molecule has 38 heavy (non-hydrogen) atoms. The minimum Gasteiger partial charge on any atom is -0.462 e. The first-order valence-corrected chi connectivity index (χ1v) is 14.5. The van der Waals surface area contributed by atoms with Gasteiger partial charge in [0.25, 0.3) is 0 Å². The lowest BCUT2D eigenvalue weighted by atomic mass is 9.89. The molecule has 8 nitrogen and oxygen atoms in total. The van der Waals surface area contributed by atoms with Crippen LogP contribution in [0.25, 0.3) is 0 Å². The topological polar surface area (TPSA) is 62.6 Å². The van der Waals surface area contributed by atoms with Gasteiger partial charge in [-0.25, -0.2) is 4.98 Å². The molecule has 3 aromatic rings. The Balaban J connectivity index is 1.23. The molecule has 8 heteroatoms. The molecule has 1 aromatic carbocycles. The van der Waals surface area contributed by atoms with Crippen molar-refractivity contribution >= 4 is 11.5 Å². The van der Waals surface area contributed by atoms with Crippen molar-refractivity contribution in [2.75, 3.05) is 36.5 Å². The number of aromatic nitrogens is 4. The molecular weight excluding hydrogens is 474 g/mol. The summed E-state index contributed by atoms with van der Waals surface area (Å²) in [5.74, 6) is 1.06. The molecule has 0 spiro atoms.